The highest BCUT2D eigenvalue weighted by Crippen LogP contribution is 2.29. The Labute approximate surface area is 153 Å². The summed E-state index contributed by atoms with van der Waals surface area (Å²) in [5.74, 6) is 1.25. The van der Waals surface area contributed by atoms with Crippen LogP contribution < -0.4 is 10.1 Å². The van der Waals surface area contributed by atoms with E-state index in [0.717, 1.165) is 21.5 Å². The number of amides is 1. The fourth-order valence-electron chi connectivity index (χ4n) is 2.53. The maximum atomic E-state index is 12.5. The minimum absolute atomic E-state index is 0.210. The van der Waals surface area contributed by atoms with Crippen molar-refractivity contribution < 1.29 is 13.9 Å². The number of oxazole rings is 1. The Morgan fingerprint density at radius 1 is 1.23 bits per heavy atom. The van der Waals surface area contributed by atoms with Gasteiger partial charge in [-0.15, -0.1) is 0 Å². The molecule has 2 heterocycles. The van der Waals surface area contributed by atoms with E-state index >= 15 is 0 Å². The molecule has 4 rings (SSSR count). The number of nitrogens with one attached hydrogen (secondary N) is 1. The summed E-state index contributed by atoms with van der Waals surface area (Å²) < 4.78 is 11.7. The molecular weight excluding hydrogens is 350 g/mol. The number of hydrogen-bond acceptors (Lipinski definition) is 6. The number of thiazole rings is 1. The largest absolute Gasteiger partial charge is 0.494 e. The Morgan fingerprint density at radius 2 is 2.08 bits per heavy atom. The first-order chi connectivity index (χ1) is 12.7. The lowest BCUT2D eigenvalue weighted by Crippen LogP contribution is -2.11. The number of ether oxygens (including phenoxy) is 1. The molecule has 2 aromatic heterocycles. The van der Waals surface area contributed by atoms with E-state index in [1.165, 1.54) is 17.7 Å². The van der Waals surface area contributed by atoms with Gasteiger partial charge in [0.1, 0.15) is 5.75 Å². The molecular formula is C19H15N3O3S. The van der Waals surface area contributed by atoms with E-state index in [1.54, 1.807) is 18.3 Å². The molecule has 2 aromatic carbocycles. The van der Waals surface area contributed by atoms with Crippen LogP contribution >= 0.6 is 11.3 Å². The van der Waals surface area contributed by atoms with Crippen molar-refractivity contribution in [3.63, 3.8) is 0 Å². The predicted molar refractivity (Wildman–Crippen MR) is 101 cm³/mol. The first-order valence-electron chi connectivity index (χ1n) is 8.06. The molecule has 1 N–H and O–H groups in total. The van der Waals surface area contributed by atoms with Crippen LogP contribution in [0.3, 0.4) is 0 Å². The summed E-state index contributed by atoms with van der Waals surface area (Å²) in [5.41, 5.74) is 2.24. The summed E-state index contributed by atoms with van der Waals surface area (Å²) in [6.45, 7) is 2.55. The molecule has 6 nitrogen and oxygen atoms in total. The molecule has 0 fully saturated rings. The summed E-state index contributed by atoms with van der Waals surface area (Å²) in [5, 5.41) is 3.40. The summed E-state index contributed by atoms with van der Waals surface area (Å²) in [4.78, 5) is 20.8. The van der Waals surface area contributed by atoms with Crippen LogP contribution in [-0.4, -0.2) is 22.5 Å². The van der Waals surface area contributed by atoms with Crippen LogP contribution in [0.15, 0.2) is 59.5 Å². The average molecular weight is 365 g/mol. The van der Waals surface area contributed by atoms with Crippen molar-refractivity contribution in [2.24, 2.45) is 0 Å². The highest BCUT2D eigenvalue weighted by Gasteiger charge is 2.11. The maximum Gasteiger partial charge on any atom is 0.257 e. The quantitative estimate of drug-likeness (QED) is 0.559. The van der Waals surface area contributed by atoms with Gasteiger partial charge >= 0.3 is 0 Å². The molecule has 0 aliphatic rings. The Kier molecular flexibility index (Phi) is 4.37. The van der Waals surface area contributed by atoms with Gasteiger partial charge in [0.25, 0.3) is 5.91 Å². The van der Waals surface area contributed by atoms with E-state index < -0.39 is 0 Å². The van der Waals surface area contributed by atoms with E-state index in [2.05, 4.69) is 15.3 Å². The maximum absolute atomic E-state index is 12.5. The van der Waals surface area contributed by atoms with Gasteiger partial charge in [-0.2, -0.15) is 0 Å². The second-order valence-electron chi connectivity index (χ2n) is 5.48. The molecule has 7 heteroatoms. The summed E-state index contributed by atoms with van der Waals surface area (Å²) >= 11 is 1.42. The number of fused-ring (bicyclic) bond motifs is 1. The molecule has 0 saturated heterocycles. The second kappa shape index (κ2) is 6.97. The van der Waals surface area contributed by atoms with Gasteiger partial charge in [0.2, 0.25) is 0 Å². The fourth-order valence-corrected chi connectivity index (χ4v) is 3.42. The zero-order valence-corrected chi connectivity index (χ0v) is 14.7. The number of nitrogens with zero attached hydrogens (tertiary/aromatic N) is 2. The molecule has 1 amide bonds. The topological polar surface area (TPSA) is 77.2 Å². The monoisotopic (exact) mass is 365 g/mol. The molecule has 130 valence electrons. The normalized spacial score (nSPS) is 10.8. The number of hydrogen-bond donors (Lipinski definition) is 1. The lowest BCUT2D eigenvalue weighted by molar-refractivity contribution is 0.102. The molecule has 0 aliphatic heterocycles. The first kappa shape index (κ1) is 16.3. The van der Waals surface area contributed by atoms with Crippen molar-refractivity contribution in [1.29, 1.82) is 0 Å². The van der Waals surface area contributed by atoms with E-state index in [0.29, 0.717) is 23.1 Å². The van der Waals surface area contributed by atoms with Crippen LogP contribution in [0.25, 0.3) is 21.5 Å². The minimum atomic E-state index is -0.210. The lowest BCUT2D eigenvalue weighted by Gasteiger charge is -2.02. The van der Waals surface area contributed by atoms with Crippen molar-refractivity contribution in [3.8, 4) is 17.1 Å². The fraction of sp³-hybridized carbons (Fsp3) is 0.105. The third kappa shape index (κ3) is 3.29. The highest BCUT2D eigenvalue weighted by molar-refractivity contribution is 7.22. The minimum Gasteiger partial charge on any atom is -0.494 e. The number of aromatic nitrogens is 2. The van der Waals surface area contributed by atoms with Crippen LogP contribution in [0, 0.1) is 0 Å². The van der Waals surface area contributed by atoms with Crippen molar-refractivity contribution in [3.05, 3.63) is 60.6 Å². The number of carbonyl (C=O) groups is 1. The average Bonchev–Trinajstić information content (AvgIpc) is 3.31. The van der Waals surface area contributed by atoms with Gasteiger partial charge in [-0.1, -0.05) is 23.5 Å². The molecule has 4 aromatic rings. The third-order valence-electron chi connectivity index (χ3n) is 3.76. The Bertz CT molecular complexity index is 1040. The zero-order valence-electron chi connectivity index (χ0n) is 13.9. The van der Waals surface area contributed by atoms with Crippen LogP contribution in [0.5, 0.6) is 5.75 Å². The number of benzene rings is 2. The Balaban J connectivity index is 1.51. The Morgan fingerprint density at radius 3 is 2.81 bits per heavy atom. The number of carbonyl (C=O) groups excluding carboxylic acids is 1. The van der Waals surface area contributed by atoms with Gasteiger partial charge < -0.3 is 9.15 Å². The van der Waals surface area contributed by atoms with E-state index in [1.807, 2.05) is 37.3 Å². The van der Waals surface area contributed by atoms with Crippen LogP contribution in [-0.2, 0) is 0 Å². The smallest absolute Gasteiger partial charge is 0.257 e. The molecule has 26 heavy (non-hydrogen) atoms. The van der Waals surface area contributed by atoms with Gasteiger partial charge in [0.05, 0.1) is 23.0 Å². The number of anilines is 1. The second-order valence-corrected chi connectivity index (χ2v) is 6.51. The predicted octanol–water partition coefficient (Wildman–Crippen LogP) is 4.60. The van der Waals surface area contributed by atoms with Gasteiger partial charge in [-0.25, -0.2) is 9.97 Å². The highest BCUT2D eigenvalue weighted by atomic mass is 32.1. The molecule has 0 radical (unpaired) electrons. The first-order valence-corrected chi connectivity index (χ1v) is 8.88. The lowest BCUT2D eigenvalue weighted by atomic mass is 10.1. The van der Waals surface area contributed by atoms with Crippen LogP contribution in [0.2, 0.25) is 0 Å². The van der Waals surface area contributed by atoms with Gasteiger partial charge in [-0.05, 0) is 37.3 Å². The molecule has 0 unspecified atom stereocenters. The van der Waals surface area contributed by atoms with Gasteiger partial charge in [0, 0.05) is 11.1 Å². The molecule has 0 spiro atoms. The van der Waals surface area contributed by atoms with Crippen molar-refractivity contribution in [2.75, 3.05) is 11.9 Å². The molecule has 0 bridgehead atoms. The number of rotatable bonds is 5. The molecule has 0 saturated carbocycles. The standard InChI is InChI=1S/C19H15N3O3S/c1-2-24-14-7-8-15-17(9-14)26-19(21-15)22-18(23)13-5-3-12(4-6-13)16-10-20-11-25-16/h3-11H,2H2,1H3,(H,21,22,23). The zero-order chi connectivity index (χ0) is 17.9. The summed E-state index contributed by atoms with van der Waals surface area (Å²) in [6, 6.07) is 12.8. The van der Waals surface area contributed by atoms with E-state index in [4.69, 9.17) is 9.15 Å². The van der Waals surface area contributed by atoms with Gasteiger partial charge in [0.15, 0.2) is 17.3 Å². The van der Waals surface area contributed by atoms with Crippen LogP contribution in [0.1, 0.15) is 17.3 Å². The SMILES string of the molecule is CCOc1ccc2nc(NC(=O)c3ccc(-c4cnco4)cc3)sc2c1. The third-order valence-corrected chi connectivity index (χ3v) is 4.69. The van der Waals surface area contributed by atoms with E-state index in [9.17, 15) is 4.79 Å². The van der Waals surface area contributed by atoms with E-state index in [-0.39, 0.29) is 5.91 Å². The van der Waals surface area contributed by atoms with Crippen molar-refractivity contribution in [1.82, 2.24) is 9.97 Å². The van der Waals surface area contributed by atoms with Crippen molar-refractivity contribution >= 4 is 32.6 Å². The molecule has 0 aliphatic carbocycles. The van der Waals surface area contributed by atoms with Crippen molar-refractivity contribution in [2.45, 2.75) is 6.92 Å². The molecule has 0 atom stereocenters. The Hall–Kier alpha value is -3.19. The summed E-state index contributed by atoms with van der Waals surface area (Å²) in [7, 11) is 0. The summed E-state index contributed by atoms with van der Waals surface area (Å²) in [6.07, 6.45) is 3.01. The van der Waals surface area contributed by atoms with Crippen LogP contribution in [0.4, 0.5) is 5.13 Å². The van der Waals surface area contributed by atoms with Gasteiger partial charge in [-0.3, -0.25) is 10.1 Å².